The number of nitrogens with one attached hydrogen (secondary N) is 2. The van der Waals surface area contributed by atoms with Crippen molar-refractivity contribution in [2.24, 2.45) is 5.10 Å². The molecule has 3 N–H and O–H groups in total. The number of hydrogen-bond donors (Lipinski definition) is 3. The number of carbonyl (C=O) groups is 2. The first-order valence-corrected chi connectivity index (χ1v) is 8.60. The molecule has 0 atom stereocenters. The van der Waals surface area contributed by atoms with E-state index in [0.29, 0.717) is 22.0 Å². The van der Waals surface area contributed by atoms with Crippen LogP contribution in [0, 0.1) is 0 Å². The number of carbonyl (C=O) groups excluding carboxylic acids is 2. The van der Waals surface area contributed by atoms with Crippen LogP contribution in [0.3, 0.4) is 0 Å². The van der Waals surface area contributed by atoms with Crippen molar-refractivity contribution in [1.29, 1.82) is 0 Å². The lowest BCUT2D eigenvalue weighted by molar-refractivity contribution is 0.0951. The van der Waals surface area contributed by atoms with Gasteiger partial charge >= 0.3 is 0 Å². The van der Waals surface area contributed by atoms with E-state index in [9.17, 15) is 14.7 Å². The number of rotatable bonds is 5. The molecule has 0 radical (unpaired) electrons. The monoisotopic (exact) mass is 397 g/mol. The zero-order valence-electron chi connectivity index (χ0n) is 14.8. The van der Waals surface area contributed by atoms with E-state index in [1.165, 1.54) is 24.5 Å². The Hall–Kier alpha value is -3.58. The second-order valence-corrected chi connectivity index (χ2v) is 6.25. The summed E-state index contributed by atoms with van der Waals surface area (Å²) in [4.78, 5) is 24.3. The Bertz CT molecular complexity index is 1050. The van der Waals surface area contributed by atoms with Gasteiger partial charge in [-0.2, -0.15) is 5.10 Å². The number of anilines is 1. The second kappa shape index (κ2) is 8.41. The molecular weight excluding hydrogens is 382 g/mol. The van der Waals surface area contributed by atoms with Gasteiger partial charge in [0, 0.05) is 10.7 Å². The molecule has 0 unspecified atom stereocenters. The Morgan fingerprint density at radius 2 is 1.89 bits per heavy atom. The number of hydrogen-bond acceptors (Lipinski definition) is 5. The zero-order chi connectivity index (χ0) is 20.1. The first kappa shape index (κ1) is 19.2. The third kappa shape index (κ3) is 4.57. The van der Waals surface area contributed by atoms with Gasteiger partial charge in [-0.25, -0.2) is 5.43 Å². The van der Waals surface area contributed by atoms with Crippen LogP contribution >= 0.6 is 11.6 Å². The van der Waals surface area contributed by atoms with Gasteiger partial charge in [0.15, 0.2) is 5.76 Å². The third-order valence-corrected chi connectivity index (χ3v) is 4.05. The molecule has 142 valence electrons. The maximum Gasteiger partial charge on any atom is 0.291 e. The minimum Gasteiger partial charge on any atom is -0.507 e. The average molecular weight is 398 g/mol. The van der Waals surface area contributed by atoms with Crippen molar-refractivity contribution < 1.29 is 19.1 Å². The van der Waals surface area contributed by atoms with E-state index in [4.69, 9.17) is 16.0 Å². The van der Waals surface area contributed by atoms with Crippen molar-refractivity contribution in [2.75, 3.05) is 5.32 Å². The maximum absolute atomic E-state index is 12.2. The number of nitrogens with zero attached hydrogens (tertiary/aromatic N) is 1. The summed E-state index contributed by atoms with van der Waals surface area (Å²) in [6.45, 7) is 1.70. The molecule has 8 heteroatoms. The predicted octanol–water partition coefficient (Wildman–Crippen LogP) is 4.04. The SMILES string of the molecule is C/C(=N\NC(=O)c1cc(Cl)ccc1O)c1cccc(NC(=O)c2ccco2)c1. The molecule has 3 aromatic rings. The highest BCUT2D eigenvalue weighted by atomic mass is 35.5. The average Bonchev–Trinajstić information content (AvgIpc) is 3.23. The molecule has 1 heterocycles. The number of furan rings is 1. The van der Waals surface area contributed by atoms with Gasteiger partial charge in [0.25, 0.3) is 11.8 Å². The van der Waals surface area contributed by atoms with E-state index < -0.39 is 5.91 Å². The van der Waals surface area contributed by atoms with Gasteiger partial charge in [0.05, 0.1) is 17.5 Å². The fourth-order valence-corrected chi connectivity index (χ4v) is 2.54. The van der Waals surface area contributed by atoms with Crippen LogP contribution < -0.4 is 10.7 Å². The van der Waals surface area contributed by atoms with Crippen molar-refractivity contribution in [1.82, 2.24) is 5.43 Å². The lowest BCUT2D eigenvalue weighted by atomic mass is 10.1. The zero-order valence-corrected chi connectivity index (χ0v) is 15.5. The molecule has 0 aliphatic carbocycles. The molecule has 0 aliphatic rings. The van der Waals surface area contributed by atoms with Gasteiger partial charge < -0.3 is 14.8 Å². The van der Waals surface area contributed by atoms with Crippen LogP contribution in [-0.4, -0.2) is 22.6 Å². The van der Waals surface area contributed by atoms with Gasteiger partial charge in [-0.1, -0.05) is 23.7 Å². The molecule has 2 amide bonds. The molecule has 0 saturated heterocycles. The summed E-state index contributed by atoms with van der Waals surface area (Å²) in [7, 11) is 0. The normalized spacial score (nSPS) is 11.1. The fraction of sp³-hybridized carbons (Fsp3) is 0.0500. The summed E-state index contributed by atoms with van der Waals surface area (Å²) in [5.74, 6) is -0.968. The molecule has 0 saturated carbocycles. The molecule has 2 aromatic carbocycles. The summed E-state index contributed by atoms with van der Waals surface area (Å²) in [5.41, 5.74) is 4.13. The fourth-order valence-electron chi connectivity index (χ4n) is 2.37. The van der Waals surface area contributed by atoms with E-state index in [0.717, 1.165) is 0 Å². The summed E-state index contributed by atoms with van der Waals surface area (Å²) in [5, 5.41) is 16.9. The van der Waals surface area contributed by atoms with Gasteiger partial charge in [-0.3, -0.25) is 9.59 Å². The molecule has 7 nitrogen and oxygen atoms in total. The first-order chi connectivity index (χ1) is 13.4. The van der Waals surface area contributed by atoms with Gasteiger partial charge in [-0.15, -0.1) is 0 Å². The molecule has 0 bridgehead atoms. The number of aromatic hydroxyl groups is 1. The topological polar surface area (TPSA) is 104 Å². The highest BCUT2D eigenvalue weighted by Gasteiger charge is 2.12. The van der Waals surface area contributed by atoms with Crippen molar-refractivity contribution >= 4 is 34.8 Å². The van der Waals surface area contributed by atoms with E-state index in [1.807, 2.05) is 0 Å². The number of hydrazone groups is 1. The van der Waals surface area contributed by atoms with Crippen LogP contribution in [-0.2, 0) is 0 Å². The number of phenols is 1. The molecule has 3 rings (SSSR count). The Balaban J connectivity index is 1.71. The Labute approximate surface area is 165 Å². The van der Waals surface area contributed by atoms with Crippen molar-refractivity contribution in [2.45, 2.75) is 6.92 Å². The molecule has 0 spiro atoms. The minimum absolute atomic E-state index is 0.0171. The van der Waals surface area contributed by atoms with Crippen LogP contribution in [0.25, 0.3) is 0 Å². The van der Waals surface area contributed by atoms with E-state index in [1.54, 1.807) is 43.3 Å². The highest BCUT2D eigenvalue weighted by Crippen LogP contribution is 2.21. The largest absolute Gasteiger partial charge is 0.507 e. The molecule has 0 fully saturated rings. The molecule has 0 aliphatic heterocycles. The highest BCUT2D eigenvalue weighted by molar-refractivity contribution is 6.31. The van der Waals surface area contributed by atoms with Gasteiger partial charge in [0.1, 0.15) is 5.75 Å². The third-order valence-electron chi connectivity index (χ3n) is 3.81. The van der Waals surface area contributed by atoms with Crippen molar-refractivity contribution in [3.63, 3.8) is 0 Å². The van der Waals surface area contributed by atoms with Crippen molar-refractivity contribution in [3.8, 4) is 5.75 Å². The molecular formula is C20H16ClN3O4. The van der Waals surface area contributed by atoms with Crippen molar-refractivity contribution in [3.05, 3.63) is 82.8 Å². The van der Waals surface area contributed by atoms with E-state index in [-0.39, 0.29) is 23.0 Å². The van der Waals surface area contributed by atoms with Gasteiger partial charge in [0.2, 0.25) is 0 Å². The number of amides is 2. The summed E-state index contributed by atoms with van der Waals surface area (Å²) < 4.78 is 5.06. The number of benzene rings is 2. The van der Waals surface area contributed by atoms with E-state index in [2.05, 4.69) is 15.8 Å². The minimum atomic E-state index is -0.596. The molecule has 1 aromatic heterocycles. The van der Waals surface area contributed by atoms with Crippen LogP contribution in [0.4, 0.5) is 5.69 Å². The summed E-state index contributed by atoms with van der Waals surface area (Å²) in [6, 6.07) is 14.3. The van der Waals surface area contributed by atoms with Crippen LogP contribution in [0.5, 0.6) is 5.75 Å². The Morgan fingerprint density at radius 3 is 2.64 bits per heavy atom. The standard InChI is InChI=1S/C20H16ClN3O4/c1-12(23-24-19(26)16-11-14(21)7-8-17(16)25)13-4-2-5-15(10-13)22-20(27)18-6-3-9-28-18/h2-11,25H,1H3,(H,22,27)(H,24,26)/b23-12+. The first-order valence-electron chi connectivity index (χ1n) is 8.22. The van der Waals surface area contributed by atoms with Gasteiger partial charge in [-0.05, 0) is 55.0 Å². The van der Waals surface area contributed by atoms with Crippen LogP contribution in [0.1, 0.15) is 33.4 Å². The second-order valence-electron chi connectivity index (χ2n) is 5.81. The Morgan fingerprint density at radius 1 is 1.07 bits per heavy atom. The summed E-state index contributed by atoms with van der Waals surface area (Å²) >= 11 is 5.85. The maximum atomic E-state index is 12.2. The number of phenolic OH excluding ortho intramolecular Hbond substituents is 1. The smallest absolute Gasteiger partial charge is 0.291 e. The predicted molar refractivity (Wildman–Crippen MR) is 106 cm³/mol. The van der Waals surface area contributed by atoms with E-state index >= 15 is 0 Å². The number of halogens is 1. The Kier molecular flexibility index (Phi) is 5.76. The lowest BCUT2D eigenvalue weighted by Gasteiger charge is -2.07. The lowest BCUT2D eigenvalue weighted by Crippen LogP contribution is -2.19. The summed E-state index contributed by atoms with van der Waals surface area (Å²) in [6.07, 6.45) is 1.42. The molecule has 28 heavy (non-hydrogen) atoms. The van der Waals surface area contributed by atoms with Crippen LogP contribution in [0.2, 0.25) is 5.02 Å². The quantitative estimate of drug-likeness (QED) is 0.446. The van der Waals surface area contributed by atoms with Crippen LogP contribution in [0.15, 0.2) is 70.4 Å².